The lowest BCUT2D eigenvalue weighted by Crippen LogP contribution is -2.33. The van der Waals surface area contributed by atoms with Crippen LogP contribution in [0.5, 0.6) is 0 Å². The molecule has 1 atom stereocenters. The molecule has 0 aliphatic carbocycles. The molecule has 0 bridgehead atoms. The van der Waals surface area contributed by atoms with E-state index in [1.807, 2.05) is 0 Å². The number of anilines is 2. The summed E-state index contributed by atoms with van der Waals surface area (Å²) in [4.78, 5) is 39.2. The molecule has 0 saturated carbocycles. The first-order valence-corrected chi connectivity index (χ1v) is 9.92. The van der Waals surface area contributed by atoms with E-state index in [1.165, 1.54) is 12.1 Å². The van der Waals surface area contributed by atoms with Gasteiger partial charge in [0.15, 0.2) is 23.1 Å². The van der Waals surface area contributed by atoms with E-state index in [0.29, 0.717) is 11.2 Å². The Labute approximate surface area is 188 Å². The number of halogens is 3. The highest BCUT2D eigenvalue weighted by Gasteiger charge is 2.31. The summed E-state index contributed by atoms with van der Waals surface area (Å²) in [6.07, 6.45) is -3.32. The fraction of sp³-hybridized carbons (Fsp3) is 0.200. The number of imidazole rings is 1. The van der Waals surface area contributed by atoms with E-state index < -0.39 is 23.7 Å². The summed E-state index contributed by atoms with van der Waals surface area (Å²) in [6.45, 7) is 1.63. The summed E-state index contributed by atoms with van der Waals surface area (Å²) >= 11 is 0. The maximum atomic E-state index is 12.9. The Morgan fingerprint density at radius 1 is 1.24 bits per heavy atom. The van der Waals surface area contributed by atoms with Gasteiger partial charge in [0.05, 0.1) is 29.2 Å². The van der Waals surface area contributed by atoms with Crippen molar-refractivity contribution in [3.05, 3.63) is 47.6 Å². The Kier molecular flexibility index (Phi) is 4.92. The van der Waals surface area contributed by atoms with Gasteiger partial charge in [-0.05, 0) is 25.1 Å². The molecule has 0 spiro atoms. The third-order valence-corrected chi connectivity index (χ3v) is 5.10. The van der Waals surface area contributed by atoms with Gasteiger partial charge in [0, 0.05) is 6.07 Å². The smallest absolute Gasteiger partial charge is 0.371 e. The average Bonchev–Trinajstić information content (AvgIpc) is 3.44. The lowest BCUT2D eigenvalue weighted by Gasteiger charge is -2.19. The van der Waals surface area contributed by atoms with Crippen molar-refractivity contribution >= 4 is 34.4 Å². The standard InChI is InChI=1S/C20H15F3N8O3/c1-8(27-19(33)16-15-18(26-7-25-16)30-14(32)6-24-15)13-5-12(31-34-13)17-28-10-3-2-9(20(21,22)23)4-11(10)29-17/h2-5,7-8,24H,6H2,1H3,(H,27,33)(H,28,29)(H,25,26,30,32)/t8-/m1/s1. The number of benzene rings is 1. The zero-order chi connectivity index (χ0) is 24.0. The van der Waals surface area contributed by atoms with Crippen LogP contribution < -0.4 is 16.0 Å². The zero-order valence-electron chi connectivity index (χ0n) is 17.3. The number of hydrogen-bond acceptors (Lipinski definition) is 8. The van der Waals surface area contributed by atoms with Crippen LogP contribution in [0.2, 0.25) is 0 Å². The SMILES string of the molecule is C[C@@H](NC(=O)c1ncnc2c1NCC(=O)N2)c1cc(-c2nc3ccc(C(F)(F)F)cc3[nH]2)no1. The van der Waals surface area contributed by atoms with Crippen molar-refractivity contribution in [3.8, 4) is 11.5 Å². The van der Waals surface area contributed by atoms with E-state index in [4.69, 9.17) is 4.52 Å². The van der Waals surface area contributed by atoms with Crippen molar-refractivity contribution in [1.82, 2.24) is 30.4 Å². The van der Waals surface area contributed by atoms with Crippen molar-refractivity contribution in [2.75, 3.05) is 17.2 Å². The van der Waals surface area contributed by atoms with Gasteiger partial charge in [-0.15, -0.1) is 0 Å². The second-order valence-corrected chi connectivity index (χ2v) is 7.47. The van der Waals surface area contributed by atoms with Crippen LogP contribution in [0.25, 0.3) is 22.6 Å². The topological polar surface area (TPSA) is 151 Å². The molecule has 1 aromatic carbocycles. The predicted octanol–water partition coefficient (Wildman–Crippen LogP) is 2.88. The lowest BCUT2D eigenvalue weighted by atomic mass is 10.2. The van der Waals surface area contributed by atoms with Crippen LogP contribution in [0.15, 0.2) is 35.1 Å². The monoisotopic (exact) mass is 472 g/mol. The van der Waals surface area contributed by atoms with Crippen LogP contribution in [0.1, 0.15) is 34.8 Å². The molecule has 4 N–H and O–H groups in total. The van der Waals surface area contributed by atoms with Crippen molar-refractivity contribution in [3.63, 3.8) is 0 Å². The van der Waals surface area contributed by atoms with Crippen LogP contribution in [-0.4, -0.2) is 43.5 Å². The largest absolute Gasteiger partial charge is 0.416 e. The summed E-state index contributed by atoms with van der Waals surface area (Å²) in [5, 5.41) is 12.0. The van der Waals surface area contributed by atoms with E-state index in [9.17, 15) is 22.8 Å². The van der Waals surface area contributed by atoms with Crippen molar-refractivity contribution in [1.29, 1.82) is 0 Å². The molecule has 0 unspecified atom stereocenters. The molecule has 0 fully saturated rings. The molecule has 0 saturated heterocycles. The molecular weight excluding hydrogens is 457 g/mol. The minimum Gasteiger partial charge on any atom is -0.371 e. The Morgan fingerprint density at radius 3 is 2.85 bits per heavy atom. The van der Waals surface area contributed by atoms with Crippen molar-refractivity contribution in [2.24, 2.45) is 0 Å². The molecule has 2 amide bonds. The van der Waals surface area contributed by atoms with Gasteiger partial charge in [0.25, 0.3) is 5.91 Å². The summed E-state index contributed by atoms with van der Waals surface area (Å²) in [7, 11) is 0. The number of aromatic amines is 1. The molecule has 0 radical (unpaired) electrons. The van der Waals surface area contributed by atoms with Crippen LogP contribution in [-0.2, 0) is 11.0 Å². The molecule has 11 nitrogen and oxygen atoms in total. The highest BCUT2D eigenvalue weighted by atomic mass is 19.4. The summed E-state index contributed by atoms with van der Waals surface area (Å²) in [5.74, 6) is -0.141. The van der Waals surface area contributed by atoms with Crippen LogP contribution in [0, 0.1) is 0 Å². The number of H-pyrrole nitrogens is 1. The Bertz CT molecular complexity index is 1430. The van der Waals surface area contributed by atoms with Crippen LogP contribution >= 0.6 is 0 Å². The Hall–Kier alpha value is -4.49. The van der Waals surface area contributed by atoms with E-state index in [2.05, 4.69) is 41.0 Å². The van der Waals surface area contributed by atoms with Gasteiger partial charge in [-0.1, -0.05) is 5.16 Å². The van der Waals surface area contributed by atoms with E-state index in [0.717, 1.165) is 18.5 Å². The predicted molar refractivity (Wildman–Crippen MR) is 112 cm³/mol. The van der Waals surface area contributed by atoms with Gasteiger partial charge < -0.3 is 25.5 Å². The number of amides is 2. The number of carbonyl (C=O) groups excluding carboxylic acids is 2. The van der Waals surface area contributed by atoms with E-state index in [1.54, 1.807) is 6.92 Å². The maximum absolute atomic E-state index is 12.9. The average molecular weight is 472 g/mol. The number of nitrogens with zero attached hydrogens (tertiary/aromatic N) is 4. The first-order chi connectivity index (χ1) is 16.2. The second-order valence-electron chi connectivity index (χ2n) is 7.47. The van der Waals surface area contributed by atoms with Gasteiger partial charge in [-0.3, -0.25) is 9.59 Å². The normalized spacial score (nSPS) is 14.3. The molecule has 3 aromatic heterocycles. The lowest BCUT2D eigenvalue weighted by molar-refractivity contribution is -0.137. The number of hydrogen-bond donors (Lipinski definition) is 4. The van der Waals surface area contributed by atoms with Gasteiger partial charge in [0.2, 0.25) is 5.91 Å². The summed E-state index contributed by atoms with van der Waals surface area (Å²) < 4.78 is 44.2. The zero-order valence-corrected chi connectivity index (χ0v) is 17.3. The number of fused-ring (bicyclic) bond motifs is 2. The maximum Gasteiger partial charge on any atom is 0.416 e. The molecule has 1 aliphatic heterocycles. The molecule has 5 rings (SSSR count). The van der Waals surface area contributed by atoms with Gasteiger partial charge in [-0.2, -0.15) is 13.2 Å². The molecule has 1 aliphatic rings. The van der Waals surface area contributed by atoms with Crippen LogP contribution in [0.3, 0.4) is 0 Å². The second kappa shape index (κ2) is 7.83. The molecule has 14 heteroatoms. The van der Waals surface area contributed by atoms with E-state index in [-0.39, 0.29) is 46.8 Å². The molecular formula is C20H15F3N8O3. The van der Waals surface area contributed by atoms with Gasteiger partial charge in [-0.25, -0.2) is 15.0 Å². The Balaban J connectivity index is 1.35. The van der Waals surface area contributed by atoms with E-state index >= 15 is 0 Å². The van der Waals surface area contributed by atoms with Crippen molar-refractivity contribution < 1.29 is 27.3 Å². The van der Waals surface area contributed by atoms with Crippen LogP contribution in [0.4, 0.5) is 24.7 Å². The minimum absolute atomic E-state index is 0.0242. The quantitative estimate of drug-likeness (QED) is 0.354. The molecule has 4 heterocycles. The first-order valence-electron chi connectivity index (χ1n) is 9.92. The molecule has 4 aromatic rings. The highest BCUT2D eigenvalue weighted by molar-refractivity contribution is 6.06. The fourth-order valence-corrected chi connectivity index (χ4v) is 3.41. The number of nitrogens with one attached hydrogen (secondary N) is 4. The van der Waals surface area contributed by atoms with Crippen molar-refractivity contribution in [2.45, 2.75) is 19.1 Å². The Morgan fingerprint density at radius 2 is 2.06 bits per heavy atom. The summed E-state index contributed by atoms with van der Waals surface area (Å²) in [6, 6.07) is 4.06. The molecule has 34 heavy (non-hydrogen) atoms. The third-order valence-electron chi connectivity index (χ3n) is 5.10. The third kappa shape index (κ3) is 3.89. The van der Waals surface area contributed by atoms with Gasteiger partial charge >= 0.3 is 6.18 Å². The molecule has 174 valence electrons. The highest BCUT2D eigenvalue weighted by Crippen LogP contribution is 2.32. The number of rotatable bonds is 4. The number of aromatic nitrogens is 5. The fourth-order valence-electron chi connectivity index (χ4n) is 3.41. The number of alkyl halides is 3. The summed E-state index contributed by atoms with van der Waals surface area (Å²) in [5.41, 5.74) is 0.323. The minimum atomic E-state index is -4.47. The first kappa shape index (κ1) is 21.4. The van der Waals surface area contributed by atoms with Gasteiger partial charge in [0.1, 0.15) is 17.7 Å². The number of carbonyl (C=O) groups is 2.